The van der Waals surface area contributed by atoms with Crippen molar-refractivity contribution in [2.75, 3.05) is 5.73 Å². The Morgan fingerprint density at radius 1 is 1.17 bits per heavy atom. The van der Waals surface area contributed by atoms with Crippen LogP contribution in [0.5, 0.6) is 0 Å². The van der Waals surface area contributed by atoms with Crippen LogP contribution in [0.2, 0.25) is 0 Å². The molecule has 1 saturated carbocycles. The molecule has 0 radical (unpaired) electrons. The predicted octanol–water partition coefficient (Wildman–Crippen LogP) is 2.11. The summed E-state index contributed by atoms with van der Waals surface area (Å²) in [5.74, 6) is 0.730. The number of nitrogens with zero attached hydrogens (tertiary/aromatic N) is 6. The molecule has 0 aliphatic heterocycles. The molecule has 4 heterocycles. The van der Waals surface area contributed by atoms with Gasteiger partial charge in [0.15, 0.2) is 22.6 Å². The number of anilines is 1. The van der Waals surface area contributed by atoms with Gasteiger partial charge in [0.1, 0.15) is 0 Å². The first-order chi connectivity index (χ1) is 16.9. The van der Waals surface area contributed by atoms with Gasteiger partial charge >= 0.3 is 0 Å². The molecule has 178 valence electrons. The van der Waals surface area contributed by atoms with Gasteiger partial charge in [0.2, 0.25) is 11.8 Å². The van der Waals surface area contributed by atoms with Crippen LogP contribution in [0.15, 0.2) is 59.3 Å². The van der Waals surface area contributed by atoms with E-state index in [0.717, 1.165) is 12.0 Å². The Morgan fingerprint density at radius 3 is 2.71 bits per heavy atom. The minimum atomic E-state index is -1.24. The average Bonchev–Trinajstić information content (AvgIpc) is 3.65. The number of nitrogen functional groups attached to an aromatic ring is 1. The van der Waals surface area contributed by atoms with Crippen molar-refractivity contribution in [2.45, 2.75) is 43.9 Å². The second-order valence-electron chi connectivity index (χ2n) is 8.99. The van der Waals surface area contributed by atoms with Crippen molar-refractivity contribution < 1.29 is 14.3 Å². The molecule has 35 heavy (non-hydrogen) atoms. The van der Waals surface area contributed by atoms with Gasteiger partial charge in [0.25, 0.3) is 5.91 Å². The van der Waals surface area contributed by atoms with E-state index >= 15 is 0 Å². The zero-order valence-corrected chi connectivity index (χ0v) is 19.0. The van der Waals surface area contributed by atoms with Gasteiger partial charge < -0.3 is 20.6 Å². The van der Waals surface area contributed by atoms with Gasteiger partial charge in [-0.3, -0.25) is 4.79 Å². The monoisotopic (exact) mass is 472 g/mol. The molecule has 5 aromatic rings. The van der Waals surface area contributed by atoms with Gasteiger partial charge in [0, 0.05) is 6.04 Å². The maximum absolute atomic E-state index is 13.8. The molecule has 1 unspecified atom stereocenters. The number of aromatic nitrogens is 6. The lowest BCUT2D eigenvalue weighted by Gasteiger charge is -2.31. The van der Waals surface area contributed by atoms with Crippen molar-refractivity contribution in [1.82, 2.24) is 34.7 Å². The normalized spacial score (nSPS) is 19.8. The molecule has 1 aliphatic carbocycles. The quantitative estimate of drug-likeness (QED) is 0.352. The standard InChI is InChI=1S/C24H24N8O3/c1-24(14-6-3-2-4-7-14,22(34)27-15-9-10-16(33)12-15)32-21-17(13-26-32)20-28-19(18-8-5-11-35-18)30-31(20)23(25)29-21/h2-8,11,13,15-16,33H,9-10,12H2,1H3,(H2,25,29)(H,27,34)/t15-,16-,24?/m1/s1. The highest BCUT2D eigenvalue weighted by molar-refractivity contribution is 5.94. The highest BCUT2D eigenvalue weighted by Gasteiger charge is 2.41. The topological polar surface area (TPSA) is 149 Å². The number of rotatable bonds is 5. The van der Waals surface area contributed by atoms with Gasteiger partial charge in [-0.05, 0) is 43.9 Å². The fraction of sp³-hybridized carbons (Fsp3) is 0.292. The van der Waals surface area contributed by atoms with E-state index in [-0.39, 0.29) is 17.9 Å². The van der Waals surface area contributed by atoms with E-state index in [1.807, 2.05) is 30.3 Å². The van der Waals surface area contributed by atoms with E-state index in [4.69, 9.17) is 10.2 Å². The molecule has 0 spiro atoms. The van der Waals surface area contributed by atoms with Crippen LogP contribution in [0.4, 0.5) is 5.95 Å². The van der Waals surface area contributed by atoms with E-state index in [2.05, 4.69) is 25.5 Å². The SMILES string of the molecule is CC(C(=O)N[C@@H]1CC[C@@H](O)C1)(c1ccccc1)n1ncc2c1nc(N)n1nc(-c3ccco3)nc21. The number of amides is 1. The van der Waals surface area contributed by atoms with E-state index in [0.29, 0.717) is 41.1 Å². The van der Waals surface area contributed by atoms with Crippen LogP contribution in [0.3, 0.4) is 0 Å². The molecule has 11 heteroatoms. The van der Waals surface area contributed by atoms with Crippen molar-refractivity contribution in [1.29, 1.82) is 0 Å². The third-order valence-corrected chi connectivity index (χ3v) is 6.71. The average molecular weight is 473 g/mol. The van der Waals surface area contributed by atoms with Crippen molar-refractivity contribution in [3.63, 3.8) is 0 Å². The molecule has 1 aliphatic rings. The first-order valence-corrected chi connectivity index (χ1v) is 11.4. The first kappa shape index (κ1) is 21.3. The molecule has 6 rings (SSSR count). The van der Waals surface area contributed by atoms with Crippen molar-refractivity contribution >= 4 is 28.5 Å². The second-order valence-corrected chi connectivity index (χ2v) is 8.99. The fourth-order valence-electron chi connectivity index (χ4n) is 4.77. The number of carbonyl (C=O) groups is 1. The molecule has 3 atom stereocenters. The lowest BCUT2D eigenvalue weighted by atomic mass is 9.90. The Hall–Kier alpha value is -4.25. The van der Waals surface area contributed by atoms with E-state index in [1.54, 1.807) is 36.2 Å². The first-order valence-electron chi connectivity index (χ1n) is 11.4. The van der Waals surface area contributed by atoms with Crippen molar-refractivity contribution in [3.05, 3.63) is 60.5 Å². The number of aliphatic hydroxyl groups excluding tert-OH is 1. The molecule has 0 bridgehead atoms. The molecule has 4 aromatic heterocycles. The summed E-state index contributed by atoms with van der Waals surface area (Å²) < 4.78 is 8.45. The molecule has 0 saturated heterocycles. The van der Waals surface area contributed by atoms with Crippen LogP contribution < -0.4 is 11.1 Å². The van der Waals surface area contributed by atoms with Crippen molar-refractivity contribution in [3.8, 4) is 11.6 Å². The number of fused-ring (bicyclic) bond motifs is 3. The highest BCUT2D eigenvalue weighted by Crippen LogP contribution is 2.32. The third kappa shape index (κ3) is 3.35. The second kappa shape index (κ2) is 7.91. The zero-order chi connectivity index (χ0) is 24.2. The maximum Gasteiger partial charge on any atom is 0.252 e. The zero-order valence-electron chi connectivity index (χ0n) is 19.0. The molecular weight excluding hydrogens is 448 g/mol. The minimum absolute atomic E-state index is 0.106. The van der Waals surface area contributed by atoms with Gasteiger partial charge in [-0.25, -0.2) is 9.67 Å². The molecule has 1 fully saturated rings. The highest BCUT2D eigenvalue weighted by atomic mass is 16.3. The Balaban J connectivity index is 1.51. The Morgan fingerprint density at radius 2 is 2.00 bits per heavy atom. The summed E-state index contributed by atoms with van der Waals surface area (Å²) in [5, 5.41) is 22.7. The lowest BCUT2D eigenvalue weighted by molar-refractivity contribution is -0.128. The summed E-state index contributed by atoms with van der Waals surface area (Å²) in [6.45, 7) is 1.80. The predicted molar refractivity (Wildman–Crippen MR) is 127 cm³/mol. The van der Waals surface area contributed by atoms with E-state index < -0.39 is 11.6 Å². The number of nitrogens with one attached hydrogen (secondary N) is 1. The van der Waals surface area contributed by atoms with Crippen LogP contribution in [0.25, 0.3) is 28.3 Å². The van der Waals surface area contributed by atoms with Crippen LogP contribution in [0.1, 0.15) is 31.7 Å². The summed E-state index contributed by atoms with van der Waals surface area (Å²) in [7, 11) is 0. The smallest absolute Gasteiger partial charge is 0.252 e. The van der Waals surface area contributed by atoms with Crippen LogP contribution >= 0.6 is 0 Å². The Labute approximate surface area is 199 Å². The maximum atomic E-state index is 13.8. The van der Waals surface area contributed by atoms with Gasteiger partial charge in [-0.2, -0.15) is 14.6 Å². The summed E-state index contributed by atoms with van der Waals surface area (Å²) in [6.07, 6.45) is 4.67. The largest absolute Gasteiger partial charge is 0.461 e. The van der Waals surface area contributed by atoms with E-state index in [9.17, 15) is 9.90 Å². The number of benzene rings is 1. The summed E-state index contributed by atoms with van der Waals surface area (Å²) in [5.41, 5.74) is 6.63. The minimum Gasteiger partial charge on any atom is -0.461 e. The Bertz CT molecular complexity index is 1520. The van der Waals surface area contributed by atoms with Gasteiger partial charge in [-0.15, -0.1) is 5.10 Å². The molecule has 11 nitrogen and oxygen atoms in total. The van der Waals surface area contributed by atoms with E-state index in [1.165, 1.54) is 4.52 Å². The number of hydrogen-bond donors (Lipinski definition) is 3. The van der Waals surface area contributed by atoms with Gasteiger partial charge in [0.05, 0.1) is 24.0 Å². The fourth-order valence-corrected chi connectivity index (χ4v) is 4.77. The Kier molecular flexibility index (Phi) is 4.81. The third-order valence-electron chi connectivity index (χ3n) is 6.71. The summed E-state index contributed by atoms with van der Waals surface area (Å²) in [6, 6.07) is 12.8. The van der Waals surface area contributed by atoms with Gasteiger partial charge in [-0.1, -0.05) is 30.3 Å². The lowest BCUT2D eigenvalue weighted by Crippen LogP contribution is -2.50. The van der Waals surface area contributed by atoms with Crippen LogP contribution in [-0.2, 0) is 10.3 Å². The van der Waals surface area contributed by atoms with Crippen LogP contribution in [0, 0.1) is 0 Å². The summed E-state index contributed by atoms with van der Waals surface area (Å²) >= 11 is 0. The van der Waals surface area contributed by atoms with Crippen molar-refractivity contribution in [2.24, 2.45) is 0 Å². The summed E-state index contributed by atoms with van der Waals surface area (Å²) in [4.78, 5) is 23.0. The molecule has 1 amide bonds. The molecule has 4 N–H and O–H groups in total. The number of furan rings is 1. The number of hydrogen-bond acceptors (Lipinski definition) is 8. The molecular formula is C24H24N8O3. The number of nitrogens with two attached hydrogens (primary N) is 1. The number of aliphatic hydroxyl groups is 1. The number of carbonyl (C=O) groups excluding carboxylic acids is 1. The van der Waals surface area contributed by atoms with Crippen LogP contribution in [-0.4, -0.2) is 52.5 Å². The molecule has 1 aromatic carbocycles.